The highest BCUT2D eigenvalue weighted by atomic mass is 16.6. The lowest BCUT2D eigenvalue weighted by molar-refractivity contribution is -0.188. The van der Waals surface area contributed by atoms with Crippen molar-refractivity contribution in [1.29, 1.82) is 0 Å². The fraction of sp³-hybridized carbons (Fsp3) is 0.833. The summed E-state index contributed by atoms with van der Waals surface area (Å²) < 4.78 is 9.82. The van der Waals surface area contributed by atoms with Crippen molar-refractivity contribution in [1.82, 2.24) is 0 Å². The number of hydrogen-bond donors (Lipinski definition) is 2. The van der Waals surface area contributed by atoms with Crippen molar-refractivity contribution in [2.75, 3.05) is 19.8 Å². The molecule has 6 nitrogen and oxygen atoms in total. The van der Waals surface area contributed by atoms with Crippen LogP contribution in [-0.2, 0) is 19.1 Å². The molecule has 0 aliphatic carbocycles. The van der Waals surface area contributed by atoms with E-state index >= 15 is 0 Å². The van der Waals surface area contributed by atoms with Crippen molar-refractivity contribution in [2.24, 2.45) is 5.92 Å². The molecule has 106 valence electrons. The maximum atomic E-state index is 11.7. The van der Waals surface area contributed by atoms with E-state index in [1.165, 1.54) is 13.8 Å². The highest BCUT2D eigenvalue weighted by molar-refractivity contribution is 5.83. The van der Waals surface area contributed by atoms with Crippen molar-refractivity contribution in [3.63, 3.8) is 0 Å². The van der Waals surface area contributed by atoms with E-state index in [0.29, 0.717) is 6.42 Å². The lowest BCUT2D eigenvalue weighted by Crippen LogP contribution is -2.46. The summed E-state index contributed by atoms with van der Waals surface area (Å²) in [7, 11) is 0. The number of carbonyl (C=O) groups is 2. The Labute approximate surface area is 107 Å². The zero-order valence-corrected chi connectivity index (χ0v) is 11.1. The fourth-order valence-corrected chi connectivity index (χ4v) is 0.998. The van der Waals surface area contributed by atoms with Gasteiger partial charge in [0.25, 0.3) is 0 Å². The van der Waals surface area contributed by atoms with Gasteiger partial charge < -0.3 is 19.7 Å². The van der Waals surface area contributed by atoms with E-state index in [1.807, 2.05) is 6.92 Å². The number of aliphatic hydroxyl groups excluding tert-OH is 2. The molecule has 0 aliphatic rings. The van der Waals surface area contributed by atoms with Crippen LogP contribution in [0.15, 0.2) is 0 Å². The molecule has 0 amide bonds. The summed E-state index contributed by atoms with van der Waals surface area (Å²) in [5, 5.41) is 18.0. The van der Waals surface area contributed by atoms with E-state index in [4.69, 9.17) is 14.6 Å². The van der Waals surface area contributed by atoms with Crippen LogP contribution in [0.25, 0.3) is 0 Å². The fourth-order valence-electron chi connectivity index (χ4n) is 0.998. The van der Waals surface area contributed by atoms with Crippen LogP contribution >= 0.6 is 0 Å². The molecule has 0 saturated carbocycles. The lowest BCUT2D eigenvalue weighted by atomic mass is 10.1. The quantitative estimate of drug-likeness (QED) is 0.481. The standard InChI is InChI=1S/C12H22O6/c1-4-5-6-17-11(16)12(3,8-14)18-10(15)9(2)7-13/h9,13-14H,4-8H2,1-3H3. The number of esters is 2. The van der Waals surface area contributed by atoms with E-state index in [1.54, 1.807) is 0 Å². The van der Waals surface area contributed by atoms with Gasteiger partial charge >= 0.3 is 11.9 Å². The van der Waals surface area contributed by atoms with Gasteiger partial charge in [0, 0.05) is 0 Å². The molecule has 0 bridgehead atoms. The molecule has 2 atom stereocenters. The van der Waals surface area contributed by atoms with Gasteiger partial charge in [0.1, 0.15) is 0 Å². The number of rotatable bonds is 8. The summed E-state index contributed by atoms with van der Waals surface area (Å²) in [5.41, 5.74) is -1.71. The van der Waals surface area contributed by atoms with Crippen LogP contribution in [0.5, 0.6) is 0 Å². The van der Waals surface area contributed by atoms with E-state index in [2.05, 4.69) is 0 Å². The van der Waals surface area contributed by atoms with Crippen LogP contribution in [-0.4, -0.2) is 47.6 Å². The van der Waals surface area contributed by atoms with Crippen molar-refractivity contribution < 1.29 is 29.3 Å². The zero-order valence-electron chi connectivity index (χ0n) is 11.1. The van der Waals surface area contributed by atoms with Crippen LogP contribution in [0, 0.1) is 5.92 Å². The van der Waals surface area contributed by atoms with E-state index in [9.17, 15) is 14.7 Å². The van der Waals surface area contributed by atoms with Crippen molar-refractivity contribution in [3.8, 4) is 0 Å². The van der Waals surface area contributed by atoms with Gasteiger partial charge in [-0.25, -0.2) is 4.79 Å². The van der Waals surface area contributed by atoms with Gasteiger partial charge in [-0.05, 0) is 20.3 Å². The maximum Gasteiger partial charge on any atom is 0.352 e. The largest absolute Gasteiger partial charge is 0.463 e. The Hall–Kier alpha value is -1.14. The molecule has 18 heavy (non-hydrogen) atoms. The van der Waals surface area contributed by atoms with Gasteiger partial charge in [0.05, 0.1) is 25.7 Å². The summed E-state index contributed by atoms with van der Waals surface area (Å²) >= 11 is 0. The zero-order chi connectivity index (χ0) is 14.2. The second-order valence-electron chi connectivity index (χ2n) is 4.38. The molecule has 2 unspecified atom stereocenters. The average Bonchev–Trinajstić information content (AvgIpc) is 2.37. The Morgan fingerprint density at radius 1 is 1.33 bits per heavy atom. The first-order valence-electron chi connectivity index (χ1n) is 6.03. The second-order valence-corrected chi connectivity index (χ2v) is 4.38. The third-order valence-electron chi connectivity index (χ3n) is 2.47. The molecule has 0 heterocycles. The van der Waals surface area contributed by atoms with Gasteiger partial charge in [0.15, 0.2) is 0 Å². The smallest absolute Gasteiger partial charge is 0.352 e. The number of carbonyl (C=O) groups excluding carboxylic acids is 2. The Balaban J connectivity index is 4.49. The molecule has 2 N–H and O–H groups in total. The minimum absolute atomic E-state index is 0.220. The first-order valence-corrected chi connectivity index (χ1v) is 6.03. The average molecular weight is 262 g/mol. The monoisotopic (exact) mass is 262 g/mol. The number of ether oxygens (including phenoxy) is 2. The molecule has 0 aliphatic heterocycles. The van der Waals surface area contributed by atoms with Crippen molar-refractivity contribution >= 4 is 11.9 Å². The third-order valence-corrected chi connectivity index (χ3v) is 2.47. The molecule has 0 aromatic rings. The normalized spacial score (nSPS) is 15.6. The maximum absolute atomic E-state index is 11.7. The van der Waals surface area contributed by atoms with E-state index < -0.39 is 30.1 Å². The summed E-state index contributed by atoms with van der Waals surface area (Å²) in [4.78, 5) is 23.2. The molecule has 0 radical (unpaired) electrons. The molecule has 0 aromatic heterocycles. The summed E-state index contributed by atoms with van der Waals surface area (Å²) in [6.07, 6.45) is 1.57. The predicted octanol–water partition coefficient (Wildman–Crippen LogP) is 0.252. The predicted molar refractivity (Wildman–Crippen MR) is 63.7 cm³/mol. The first kappa shape index (κ1) is 16.9. The first-order chi connectivity index (χ1) is 8.41. The summed E-state index contributed by atoms with van der Waals surface area (Å²) in [6, 6.07) is 0. The Morgan fingerprint density at radius 3 is 2.39 bits per heavy atom. The number of aliphatic hydroxyl groups is 2. The molecule has 6 heteroatoms. The van der Waals surface area contributed by atoms with Crippen molar-refractivity contribution in [2.45, 2.75) is 39.2 Å². The van der Waals surface area contributed by atoms with Gasteiger partial charge in [-0.1, -0.05) is 13.3 Å². The number of unbranched alkanes of at least 4 members (excludes halogenated alkanes) is 1. The Bertz CT molecular complexity index is 278. The molecule has 0 saturated heterocycles. The van der Waals surface area contributed by atoms with Crippen LogP contribution in [0.2, 0.25) is 0 Å². The van der Waals surface area contributed by atoms with Crippen LogP contribution in [0.3, 0.4) is 0 Å². The van der Waals surface area contributed by atoms with Crippen molar-refractivity contribution in [3.05, 3.63) is 0 Å². The summed E-state index contributed by atoms with van der Waals surface area (Å²) in [6.45, 7) is 3.86. The van der Waals surface area contributed by atoms with Gasteiger partial charge in [-0.15, -0.1) is 0 Å². The minimum Gasteiger partial charge on any atom is -0.463 e. The lowest BCUT2D eigenvalue weighted by Gasteiger charge is -2.26. The highest BCUT2D eigenvalue weighted by Crippen LogP contribution is 2.15. The van der Waals surface area contributed by atoms with Gasteiger partial charge in [0.2, 0.25) is 5.60 Å². The van der Waals surface area contributed by atoms with Crippen LogP contribution in [0.1, 0.15) is 33.6 Å². The van der Waals surface area contributed by atoms with Gasteiger partial charge in [-0.2, -0.15) is 0 Å². The van der Waals surface area contributed by atoms with E-state index in [0.717, 1.165) is 6.42 Å². The second kappa shape index (κ2) is 8.05. The Morgan fingerprint density at radius 2 is 1.94 bits per heavy atom. The molecular formula is C12H22O6. The third kappa shape index (κ3) is 5.01. The van der Waals surface area contributed by atoms with E-state index in [-0.39, 0.29) is 13.2 Å². The molecule has 0 spiro atoms. The molecule has 0 rings (SSSR count). The minimum atomic E-state index is -1.71. The highest BCUT2D eigenvalue weighted by Gasteiger charge is 2.39. The topological polar surface area (TPSA) is 93.1 Å². The number of hydrogen-bond acceptors (Lipinski definition) is 6. The van der Waals surface area contributed by atoms with Gasteiger partial charge in [-0.3, -0.25) is 4.79 Å². The van der Waals surface area contributed by atoms with Crippen LogP contribution in [0.4, 0.5) is 0 Å². The van der Waals surface area contributed by atoms with Crippen LogP contribution < -0.4 is 0 Å². The summed E-state index contributed by atoms with van der Waals surface area (Å²) in [5.74, 6) is -2.28. The molecule has 0 fully saturated rings. The molecular weight excluding hydrogens is 240 g/mol. The Kier molecular flexibility index (Phi) is 7.54. The molecule has 0 aromatic carbocycles. The SMILES string of the molecule is CCCCOC(=O)C(C)(CO)OC(=O)C(C)CO.